The van der Waals surface area contributed by atoms with Crippen LogP contribution < -0.4 is 5.32 Å². The number of hydrogen-bond donors (Lipinski definition) is 1. The van der Waals surface area contributed by atoms with E-state index in [4.69, 9.17) is 0 Å². The van der Waals surface area contributed by atoms with Gasteiger partial charge in [-0.3, -0.25) is 0 Å². The SMILES string of the molecule is Cc1nc(C)c(CNCC2CCCS2)s1. The molecule has 1 fully saturated rings. The second-order valence-corrected chi connectivity index (χ2v) is 6.70. The van der Waals surface area contributed by atoms with Crippen molar-refractivity contribution in [2.45, 2.75) is 38.5 Å². The lowest BCUT2D eigenvalue weighted by Crippen LogP contribution is -2.22. The number of rotatable bonds is 4. The van der Waals surface area contributed by atoms with Gasteiger partial charge in [0.2, 0.25) is 0 Å². The van der Waals surface area contributed by atoms with Gasteiger partial charge in [-0.25, -0.2) is 4.98 Å². The summed E-state index contributed by atoms with van der Waals surface area (Å²) >= 11 is 3.93. The van der Waals surface area contributed by atoms with Crippen LogP contribution in [0.25, 0.3) is 0 Å². The molecule has 1 unspecified atom stereocenters. The van der Waals surface area contributed by atoms with Gasteiger partial charge in [0.1, 0.15) is 0 Å². The molecule has 1 aliphatic heterocycles. The molecule has 1 N–H and O–H groups in total. The lowest BCUT2D eigenvalue weighted by Gasteiger charge is -2.09. The summed E-state index contributed by atoms with van der Waals surface area (Å²) in [5.74, 6) is 1.35. The zero-order chi connectivity index (χ0) is 10.7. The molecular formula is C11H18N2S2. The summed E-state index contributed by atoms with van der Waals surface area (Å²) in [6, 6.07) is 0. The molecule has 0 aromatic carbocycles. The molecule has 0 radical (unpaired) electrons. The van der Waals surface area contributed by atoms with Crippen LogP contribution in [0.5, 0.6) is 0 Å². The Kier molecular flexibility index (Phi) is 4.05. The molecule has 1 aromatic rings. The average molecular weight is 242 g/mol. The Morgan fingerprint density at radius 3 is 2.93 bits per heavy atom. The van der Waals surface area contributed by atoms with E-state index in [1.165, 1.54) is 34.2 Å². The van der Waals surface area contributed by atoms with Crippen molar-refractivity contribution in [2.24, 2.45) is 0 Å². The number of thiazole rings is 1. The summed E-state index contributed by atoms with van der Waals surface area (Å²) in [4.78, 5) is 5.83. The first-order valence-electron chi connectivity index (χ1n) is 5.51. The van der Waals surface area contributed by atoms with E-state index < -0.39 is 0 Å². The van der Waals surface area contributed by atoms with Gasteiger partial charge in [0.15, 0.2) is 0 Å². The maximum Gasteiger partial charge on any atom is 0.0900 e. The van der Waals surface area contributed by atoms with Crippen LogP contribution in [0.15, 0.2) is 0 Å². The molecule has 1 saturated heterocycles. The smallest absolute Gasteiger partial charge is 0.0900 e. The predicted octanol–water partition coefficient (Wildman–Crippen LogP) is 2.75. The highest BCUT2D eigenvalue weighted by molar-refractivity contribution is 8.00. The Morgan fingerprint density at radius 2 is 2.33 bits per heavy atom. The Hall–Kier alpha value is -0.0600. The quantitative estimate of drug-likeness (QED) is 0.879. The monoisotopic (exact) mass is 242 g/mol. The van der Waals surface area contributed by atoms with Gasteiger partial charge in [0, 0.05) is 23.2 Å². The Labute approximate surface area is 99.9 Å². The highest BCUT2D eigenvalue weighted by Crippen LogP contribution is 2.25. The summed E-state index contributed by atoms with van der Waals surface area (Å²) in [5, 5.41) is 5.57. The zero-order valence-corrected chi connectivity index (χ0v) is 11.0. The van der Waals surface area contributed by atoms with Crippen LogP contribution >= 0.6 is 23.1 Å². The molecule has 1 aliphatic rings. The number of thioether (sulfide) groups is 1. The third kappa shape index (κ3) is 3.20. The summed E-state index contributed by atoms with van der Waals surface area (Å²) in [6.07, 6.45) is 2.79. The summed E-state index contributed by atoms with van der Waals surface area (Å²) in [5.41, 5.74) is 1.20. The van der Waals surface area contributed by atoms with Crippen molar-refractivity contribution in [3.05, 3.63) is 15.6 Å². The minimum Gasteiger partial charge on any atom is -0.311 e. The van der Waals surface area contributed by atoms with E-state index in [0.717, 1.165) is 18.3 Å². The van der Waals surface area contributed by atoms with Crippen molar-refractivity contribution in [3.8, 4) is 0 Å². The normalized spacial score (nSPS) is 21.1. The fourth-order valence-electron chi connectivity index (χ4n) is 1.89. The number of hydrogen-bond acceptors (Lipinski definition) is 4. The van der Waals surface area contributed by atoms with E-state index in [0.29, 0.717) is 0 Å². The first-order chi connectivity index (χ1) is 7.25. The Bertz CT molecular complexity index is 316. The van der Waals surface area contributed by atoms with Crippen molar-refractivity contribution in [3.63, 3.8) is 0 Å². The van der Waals surface area contributed by atoms with Gasteiger partial charge in [-0.15, -0.1) is 11.3 Å². The molecule has 2 rings (SSSR count). The molecule has 1 atom stereocenters. The second-order valence-electron chi connectivity index (χ2n) is 4.01. The van der Waals surface area contributed by atoms with Crippen molar-refractivity contribution in [2.75, 3.05) is 12.3 Å². The zero-order valence-electron chi connectivity index (χ0n) is 9.38. The van der Waals surface area contributed by atoms with Crippen LogP contribution in [0.2, 0.25) is 0 Å². The predicted molar refractivity (Wildman–Crippen MR) is 68.8 cm³/mol. The van der Waals surface area contributed by atoms with Gasteiger partial charge in [0.05, 0.1) is 10.7 Å². The molecule has 0 bridgehead atoms. The topological polar surface area (TPSA) is 24.9 Å². The van der Waals surface area contributed by atoms with Crippen molar-refractivity contribution in [1.82, 2.24) is 10.3 Å². The van der Waals surface area contributed by atoms with Gasteiger partial charge in [-0.1, -0.05) is 0 Å². The largest absolute Gasteiger partial charge is 0.311 e. The highest BCUT2D eigenvalue weighted by atomic mass is 32.2. The number of aryl methyl sites for hydroxylation is 2. The average Bonchev–Trinajstić information content (AvgIpc) is 2.77. The lowest BCUT2D eigenvalue weighted by molar-refractivity contribution is 0.648. The van der Waals surface area contributed by atoms with Crippen LogP contribution in [0.3, 0.4) is 0 Å². The van der Waals surface area contributed by atoms with Gasteiger partial charge in [-0.2, -0.15) is 11.8 Å². The van der Waals surface area contributed by atoms with E-state index in [-0.39, 0.29) is 0 Å². The van der Waals surface area contributed by atoms with E-state index in [1.807, 2.05) is 11.3 Å². The van der Waals surface area contributed by atoms with E-state index in [9.17, 15) is 0 Å². The molecule has 0 spiro atoms. The minimum absolute atomic E-state index is 0.847. The summed E-state index contributed by atoms with van der Waals surface area (Å²) in [7, 11) is 0. The first kappa shape index (κ1) is 11.4. The van der Waals surface area contributed by atoms with E-state index in [2.05, 4.69) is 35.9 Å². The molecule has 2 heterocycles. The van der Waals surface area contributed by atoms with Crippen molar-refractivity contribution >= 4 is 23.1 Å². The van der Waals surface area contributed by atoms with E-state index in [1.54, 1.807) is 0 Å². The third-order valence-corrected chi connectivity index (χ3v) is 5.15. The molecule has 0 saturated carbocycles. The highest BCUT2D eigenvalue weighted by Gasteiger charge is 2.15. The summed E-state index contributed by atoms with van der Waals surface area (Å²) in [6.45, 7) is 6.33. The lowest BCUT2D eigenvalue weighted by atomic mass is 10.2. The van der Waals surface area contributed by atoms with Gasteiger partial charge in [0.25, 0.3) is 0 Å². The first-order valence-corrected chi connectivity index (χ1v) is 7.37. The standard InChI is InChI=1S/C11H18N2S2/c1-8-11(15-9(2)13-8)7-12-6-10-4-3-5-14-10/h10,12H,3-7H2,1-2H3. The molecule has 1 aromatic heterocycles. The second kappa shape index (κ2) is 5.32. The molecule has 4 heteroatoms. The van der Waals surface area contributed by atoms with Gasteiger partial charge < -0.3 is 5.32 Å². The van der Waals surface area contributed by atoms with E-state index >= 15 is 0 Å². The molecule has 84 valence electrons. The minimum atomic E-state index is 0.847. The molecule has 2 nitrogen and oxygen atoms in total. The number of nitrogens with zero attached hydrogens (tertiary/aromatic N) is 1. The molecule has 0 amide bonds. The maximum absolute atomic E-state index is 4.43. The summed E-state index contributed by atoms with van der Waals surface area (Å²) < 4.78 is 0. The fourth-order valence-corrected chi connectivity index (χ4v) is 4.03. The number of aromatic nitrogens is 1. The van der Waals surface area contributed by atoms with Crippen molar-refractivity contribution < 1.29 is 0 Å². The van der Waals surface area contributed by atoms with Crippen LogP contribution in [-0.4, -0.2) is 22.5 Å². The molecular weight excluding hydrogens is 224 g/mol. The maximum atomic E-state index is 4.43. The Balaban J connectivity index is 1.75. The van der Waals surface area contributed by atoms with Crippen LogP contribution in [0.1, 0.15) is 28.4 Å². The van der Waals surface area contributed by atoms with Gasteiger partial charge in [-0.05, 0) is 32.4 Å². The van der Waals surface area contributed by atoms with Crippen LogP contribution in [0.4, 0.5) is 0 Å². The molecule has 0 aliphatic carbocycles. The third-order valence-electron chi connectivity index (χ3n) is 2.68. The number of nitrogens with one attached hydrogen (secondary N) is 1. The van der Waals surface area contributed by atoms with Crippen molar-refractivity contribution in [1.29, 1.82) is 0 Å². The molecule has 15 heavy (non-hydrogen) atoms. The Morgan fingerprint density at radius 1 is 1.47 bits per heavy atom. The van der Waals surface area contributed by atoms with Crippen LogP contribution in [-0.2, 0) is 6.54 Å². The fraction of sp³-hybridized carbons (Fsp3) is 0.727. The van der Waals surface area contributed by atoms with Crippen LogP contribution in [0, 0.1) is 13.8 Å². The van der Waals surface area contributed by atoms with Gasteiger partial charge >= 0.3 is 0 Å².